The molecule has 4 aliphatic carbocycles. The van der Waals surface area contributed by atoms with Gasteiger partial charge in [-0.05, 0) is 111 Å². The number of benzene rings is 1. The number of carbonyl (C=O) groups excluding carboxylic acids is 1. The number of carbonyl (C=O) groups is 1. The van der Waals surface area contributed by atoms with Gasteiger partial charge in [0, 0.05) is 31.1 Å². The van der Waals surface area contributed by atoms with Crippen molar-refractivity contribution in [3.05, 3.63) is 60.4 Å². The number of nitrogens with zero attached hydrogens (tertiary/aromatic N) is 2. The van der Waals surface area contributed by atoms with E-state index in [9.17, 15) is 4.79 Å². The second kappa shape index (κ2) is 10.2. The molecule has 6 heteroatoms. The van der Waals surface area contributed by atoms with Crippen molar-refractivity contribution < 1.29 is 4.79 Å². The number of aromatic nitrogens is 2. The summed E-state index contributed by atoms with van der Waals surface area (Å²) in [6, 6.07) is 16.1. The number of amides is 1. The van der Waals surface area contributed by atoms with Gasteiger partial charge in [-0.15, -0.1) is 0 Å². The Kier molecular flexibility index (Phi) is 6.61. The second-order valence-corrected chi connectivity index (χ2v) is 11.5. The van der Waals surface area contributed by atoms with Crippen LogP contribution in [0.1, 0.15) is 57.1 Å². The van der Waals surface area contributed by atoms with E-state index >= 15 is 0 Å². The summed E-state index contributed by atoms with van der Waals surface area (Å²) in [4.78, 5) is 22.3. The lowest BCUT2D eigenvalue weighted by atomic mass is 9.49. The van der Waals surface area contributed by atoms with E-state index in [2.05, 4.69) is 27.0 Å². The first-order chi connectivity index (χ1) is 17.6. The van der Waals surface area contributed by atoms with Crippen molar-refractivity contribution in [3.8, 4) is 0 Å². The summed E-state index contributed by atoms with van der Waals surface area (Å²) in [5.74, 6) is 3.64. The van der Waals surface area contributed by atoms with E-state index in [1.165, 1.54) is 38.5 Å². The van der Waals surface area contributed by atoms with E-state index in [0.29, 0.717) is 6.42 Å². The third-order valence-corrected chi connectivity index (χ3v) is 8.58. The molecule has 2 heterocycles. The largest absolute Gasteiger partial charge is 0.370 e. The third kappa shape index (κ3) is 5.24. The molecule has 4 saturated carbocycles. The maximum Gasteiger partial charge on any atom is 0.224 e. The molecule has 1 amide bonds. The van der Waals surface area contributed by atoms with Gasteiger partial charge < -0.3 is 16.0 Å². The summed E-state index contributed by atoms with van der Waals surface area (Å²) in [5.41, 5.74) is 3.09. The van der Waals surface area contributed by atoms with Crippen LogP contribution in [-0.2, 0) is 11.3 Å². The zero-order valence-electron chi connectivity index (χ0n) is 21.0. The number of hydrogen-bond acceptors (Lipinski definition) is 5. The number of pyridine rings is 2. The van der Waals surface area contributed by atoms with Crippen LogP contribution in [-0.4, -0.2) is 29.0 Å². The number of fused-ring (bicyclic) bond motifs is 1. The minimum atomic E-state index is 0.171. The highest BCUT2D eigenvalue weighted by Gasteiger charge is 2.51. The standard InChI is InChI=1S/C30H37N5O/c36-29(19-30-16-21-13-22(17-30)15-23(14-21)18-30)35-27-7-3-6-26-25(27)8-9-28(34-26)33-12-4-10-31-20-24-5-1-2-11-32-24/h1-3,5-9,11,21-23,31H,4,10,12-20H2,(H,33,34)(H,35,36). The molecule has 6 nitrogen and oxygen atoms in total. The average Bonchev–Trinajstić information content (AvgIpc) is 2.85. The van der Waals surface area contributed by atoms with Gasteiger partial charge in [-0.1, -0.05) is 12.1 Å². The fraction of sp³-hybridized carbons (Fsp3) is 0.500. The minimum absolute atomic E-state index is 0.171. The van der Waals surface area contributed by atoms with Gasteiger partial charge in [0.05, 0.1) is 16.9 Å². The van der Waals surface area contributed by atoms with Crippen molar-refractivity contribution in [3.63, 3.8) is 0 Å². The van der Waals surface area contributed by atoms with Gasteiger partial charge >= 0.3 is 0 Å². The molecule has 0 atom stereocenters. The molecule has 2 aromatic heterocycles. The van der Waals surface area contributed by atoms with Crippen molar-refractivity contribution in [2.75, 3.05) is 23.7 Å². The van der Waals surface area contributed by atoms with Crippen LogP contribution in [0.25, 0.3) is 10.9 Å². The molecule has 188 valence electrons. The summed E-state index contributed by atoms with van der Waals surface area (Å²) in [5, 5.41) is 11.1. The van der Waals surface area contributed by atoms with Crippen LogP contribution in [0.2, 0.25) is 0 Å². The molecular weight excluding hydrogens is 446 g/mol. The fourth-order valence-corrected chi connectivity index (χ4v) is 7.55. The maximum atomic E-state index is 13.2. The maximum absolute atomic E-state index is 13.2. The second-order valence-electron chi connectivity index (χ2n) is 11.5. The molecule has 4 aliphatic rings. The summed E-state index contributed by atoms with van der Waals surface area (Å²) >= 11 is 0. The molecule has 4 bridgehead atoms. The van der Waals surface area contributed by atoms with Gasteiger partial charge in [0.15, 0.2) is 0 Å². The smallest absolute Gasteiger partial charge is 0.224 e. The predicted octanol–water partition coefficient (Wildman–Crippen LogP) is 5.77. The summed E-state index contributed by atoms with van der Waals surface area (Å²) in [6.45, 7) is 2.54. The van der Waals surface area contributed by atoms with Crippen molar-refractivity contribution in [2.24, 2.45) is 23.2 Å². The molecule has 0 unspecified atom stereocenters. The van der Waals surface area contributed by atoms with E-state index in [0.717, 1.165) is 71.9 Å². The minimum Gasteiger partial charge on any atom is -0.370 e. The van der Waals surface area contributed by atoms with Gasteiger partial charge in [-0.25, -0.2) is 4.98 Å². The van der Waals surface area contributed by atoms with E-state index in [1.807, 2.05) is 48.7 Å². The van der Waals surface area contributed by atoms with Gasteiger partial charge in [-0.3, -0.25) is 9.78 Å². The fourth-order valence-electron chi connectivity index (χ4n) is 7.55. The molecule has 36 heavy (non-hydrogen) atoms. The van der Waals surface area contributed by atoms with Crippen molar-refractivity contribution in [2.45, 2.75) is 57.9 Å². The van der Waals surface area contributed by atoms with Gasteiger partial charge in [0.1, 0.15) is 5.82 Å². The highest BCUT2D eigenvalue weighted by Crippen LogP contribution is 2.61. The molecule has 0 radical (unpaired) electrons. The van der Waals surface area contributed by atoms with Gasteiger partial charge in [0.2, 0.25) is 5.91 Å². The van der Waals surface area contributed by atoms with E-state index in [4.69, 9.17) is 4.98 Å². The summed E-state index contributed by atoms with van der Waals surface area (Å²) in [6.07, 6.45) is 11.5. The van der Waals surface area contributed by atoms with Crippen LogP contribution < -0.4 is 16.0 Å². The molecule has 7 rings (SSSR count). The van der Waals surface area contributed by atoms with Gasteiger partial charge in [-0.2, -0.15) is 0 Å². The monoisotopic (exact) mass is 483 g/mol. The Bertz CT molecular complexity index is 1180. The Morgan fingerprint density at radius 3 is 2.47 bits per heavy atom. The Hall–Kier alpha value is -2.99. The third-order valence-electron chi connectivity index (χ3n) is 8.58. The first-order valence-electron chi connectivity index (χ1n) is 13.7. The molecule has 3 aromatic rings. The number of nitrogens with one attached hydrogen (secondary N) is 3. The number of hydrogen-bond donors (Lipinski definition) is 3. The van der Waals surface area contributed by atoms with E-state index in [-0.39, 0.29) is 11.3 Å². The first kappa shape index (κ1) is 23.4. The highest BCUT2D eigenvalue weighted by molar-refractivity contribution is 6.01. The average molecular weight is 484 g/mol. The molecule has 4 fully saturated rings. The van der Waals surface area contributed by atoms with E-state index in [1.54, 1.807) is 0 Å². The Morgan fingerprint density at radius 1 is 0.917 bits per heavy atom. The Morgan fingerprint density at radius 2 is 1.72 bits per heavy atom. The summed E-state index contributed by atoms with van der Waals surface area (Å²) in [7, 11) is 0. The highest BCUT2D eigenvalue weighted by atomic mass is 16.1. The predicted molar refractivity (Wildman–Crippen MR) is 145 cm³/mol. The summed E-state index contributed by atoms with van der Waals surface area (Å²) < 4.78 is 0. The molecule has 3 N–H and O–H groups in total. The van der Waals surface area contributed by atoms with Gasteiger partial charge in [0.25, 0.3) is 0 Å². The normalized spacial score (nSPS) is 26.3. The quantitative estimate of drug-likeness (QED) is 0.319. The zero-order valence-corrected chi connectivity index (χ0v) is 21.0. The van der Waals surface area contributed by atoms with Crippen LogP contribution in [0.15, 0.2) is 54.7 Å². The number of anilines is 2. The molecule has 0 aliphatic heterocycles. The number of rotatable bonds is 10. The Labute approximate surface area is 213 Å². The van der Waals surface area contributed by atoms with Crippen LogP contribution in [0.3, 0.4) is 0 Å². The van der Waals surface area contributed by atoms with Crippen molar-refractivity contribution in [1.29, 1.82) is 0 Å². The van der Waals surface area contributed by atoms with Crippen molar-refractivity contribution >= 4 is 28.3 Å². The Balaban J connectivity index is 1.02. The lowest BCUT2D eigenvalue weighted by Crippen LogP contribution is -2.47. The zero-order chi connectivity index (χ0) is 24.4. The van der Waals surface area contributed by atoms with Crippen LogP contribution in [0, 0.1) is 23.2 Å². The van der Waals surface area contributed by atoms with Crippen LogP contribution in [0.4, 0.5) is 11.5 Å². The van der Waals surface area contributed by atoms with Crippen LogP contribution >= 0.6 is 0 Å². The topological polar surface area (TPSA) is 78.9 Å². The lowest BCUT2D eigenvalue weighted by Gasteiger charge is -2.56. The molecular formula is C30H37N5O. The lowest BCUT2D eigenvalue weighted by molar-refractivity contribution is -0.124. The SMILES string of the molecule is O=C(CC12CC3CC(CC(C3)C1)C2)Nc1cccc2nc(NCCCNCc3ccccn3)ccc12. The van der Waals surface area contributed by atoms with E-state index < -0.39 is 0 Å². The molecule has 0 saturated heterocycles. The first-order valence-corrected chi connectivity index (χ1v) is 13.7. The van der Waals surface area contributed by atoms with Crippen molar-refractivity contribution in [1.82, 2.24) is 15.3 Å². The van der Waals surface area contributed by atoms with Crippen LogP contribution in [0.5, 0.6) is 0 Å². The molecule has 0 spiro atoms. The molecule has 1 aromatic carbocycles.